The molecule has 1 saturated carbocycles. The number of amides is 2. The average Bonchev–Trinajstić information content (AvgIpc) is 2.96. The zero-order valence-corrected chi connectivity index (χ0v) is 12.4. The van der Waals surface area contributed by atoms with E-state index in [0.717, 1.165) is 31.7 Å². The number of hydrogen-bond acceptors (Lipinski definition) is 2. The molecule has 1 aromatic carbocycles. The highest BCUT2D eigenvalue weighted by Crippen LogP contribution is 2.24. The lowest BCUT2D eigenvalue weighted by Crippen LogP contribution is -2.32. The van der Waals surface area contributed by atoms with E-state index in [9.17, 15) is 14.0 Å². The second kappa shape index (κ2) is 7.41. The molecule has 4 nitrogen and oxygen atoms in total. The first-order chi connectivity index (χ1) is 10.1. The van der Waals surface area contributed by atoms with Crippen molar-refractivity contribution in [1.82, 2.24) is 5.32 Å². The second-order valence-corrected chi connectivity index (χ2v) is 5.60. The highest BCUT2D eigenvalue weighted by atomic mass is 35.5. The number of carbonyl (C=O) groups excluding carboxylic acids is 2. The molecule has 21 heavy (non-hydrogen) atoms. The van der Waals surface area contributed by atoms with Gasteiger partial charge in [0, 0.05) is 18.9 Å². The molecule has 114 valence electrons. The van der Waals surface area contributed by atoms with Crippen molar-refractivity contribution in [2.24, 2.45) is 5.92 Å². The summed E-state index contributed by atoms with van der Waals surface area (Å²) in [6.45, 7) is 0.292. The van der Waals surface area contributed by atoms with E-state index >= 15 is 0 Å². The minimum absolute atomic E-state index is 0.0279. The van der Waals surface area contributed by atoms with E-state index < -0.39 is 5.82 Å². The van der Waals surface area contributed by atoms with E-state index in [2.05, 4.69) is 10.6 Å². The summed E-state index contributed by atoms with van der Waals surface area (Å²) in [7, 11) is 0. The summed E-state index contributed by atoms with van der Waals surface area (Å²) in [6.07, 6.45) is 4.22. The number of halogens is 2. The van der Waals surface area contributed by atoms with Gasteiger partial charge in [-0.15, -0.1) is 0 Å². The molecule has 0 saturated heterocycles. The molecule has 2 amide bonds. The number of carbonyl (C=O) groups is 2. The van der Waals surface area contributed by atoms with E-state index in [1.54, 1.807) is 0 Å². The molecule has 0 heterocycles. The molecule has 0 radical (unpaired) electrons. The maximum absolute atomic E-state index is 12.9. The summed E-state index contributed by atoms with van der Waals surface area (Å²) in [5, 5.41) is 5.52. The average molecular weight is 313 g/mol. The molecule has 0 atom stereocenters. The third kappa shape index (κ3) is 4.70. The summed E-state index contributed by atoms with van der Waals surface area (Å²) in [5.74, 6) is -0.600. The first-order valence-electron chi connectivity index (χ1n) is 7.09. The zero-order chi connectivity index (χ0) is 15.2. The highest BCUT2D eigenvalue weighted by molar-refractivity contribution is 6.33. The van der Waals surface area contributed by atoms with Crippen LogP contribution in [0.4, 0.5) is 10.1 Å². The van der Waals surface area contributed by atoms with Crippen LogP contribution in [0, 0.1) is 11.7 Å². The topological polar surface area (TPSA) is 58.2 Å². The molecular formula is C15H18ClFN2O2. The van der Waals surface area contributed by atoms with Gasteiger partial charge in [0.05, 0.1) is 10.7 Å². The molecule has 1 aromatic rings. The van der Waals surface area contributed by atoms with Crippen molar-refractivity contribution in [2.75, 3.05) is 11.9 Å². The van der Waals surface area contributed by atoms with Crippen LogP contribution in [0.25, 0.3) is 0 Å². The molecule has 1 aliphatic rings. The maximum Gasteiger partial charge on any atom is 0.226 e. The van der Waals surface area contributed by atoms with Gasteiger partial charge in [-0.3, -0.25) is 9.59 Å². The third-order valence-electron chi connectivity index (χ3n) is 3.58. The van der Waals surface area contributed by atoms with Crippen LogP contribution in [-0.4, -0.2) is 18.4 Å². The van der Waals surface area contributed by atoms with Crippen LogP contribution in [-0.2, 0) is 9.59 Å². The minimum Gasteiger partial charge on any atom is -0.355 e. The van der Waals surface area contributed by atoms with E-state index in [1.165, 1.54) is 12.1 Å². The summed E-state index contributed by atoms with van der Waals surface area (Å²) >= 11 is 5.82. The van der Waals surface area contributed by atoms with Crippen LogP contribution in [0.5, 0.6) is 0 Å². The predicted molar refractivity (Wildman–Crippen MR) is 79.6 cm³/mol. The smallest absolute Gasteiger partial charge is 0.226 e. The standard InChI is InChI=1S/C15H18ClFN2O2/c16-12-9-11(17)5-6-13(12)19-14(20)7-8-18-15(21)10-3-1-2-4-10/h5-6,9-10H,1-4,7-8H2,(H,18,21)(H,19,20). The van der Waals surface area contributed by atoms with Crippen molar-refractivity contribution in [2.45, 2.75) is 32.1 Å². The Balaban J connectivity index is 1.73. The van der Waals surface area contributed by atoms with Gasteiger partial charge in [-0.2, -0.15) is 0 Å². The first kappa shape index (κ1) is 15.8. The van der Waals surface area contributed by atoms with Crippen LogP contribution in [0.2, 0.25) is 5.02 Å². The number of anilines is 1. The Morgan fingerprint density at radius 2 is 2.00 bits per heavy atom. The second-order valence-electron chi connectivity index (χ2n) is 5.19. The van der Waals surface area contributed by atoms with Crippen LogP contribution in [0.1, 0.15) is 32.1 Å². The van der Waals surface area contributed by atoms with E-state index in [0.29, 0.717) is 12.2 Å². The van der Waals surface area contributed by atoms with Gasteiger partial charge < -0.3 is 10.6 Å². The Morgan fingerprint density at radius 1 is 1.29 bits per heavy atom. The van der Waals surface area contributed by atoms with Crippen molar-refractivity contribution < 1.29 is 14.0 Å². The summed E-state index contributed by atoms with van der Waals surface area (Å²) < 4.78 is 12.9. The van der Waals surface area contributed by atoms with Crippen molar-refractivity contribution >= 4 is 29.1 Å². The van der Waals surface area contributed by atoms with Crippen LogP contribution >= 0.6 is 11.6 Å². The number of hydrogen-bond donors (Lipinski definition) is 2. The SMILES string of the molecule is O=C(CCNC(=O)C1CCCC1)Nc1ccc(F)cc1Cl. The predicted octanol–water partition coefficient (Wildman–Crippen LogP) is 3.11. The molecule has 0 aromatic heterocycles. The van der Waals surface area contributed by atoms with Crippen molar-refractivity contribution in [3.8, 4) is 0 Å². The number of rotatable bonds is 5. The van der Waals surface area contributed by atoms with Crippen LogP contribution in [0.15, 0.2) is 18.2 Å². The van der Waals surface area contributed by atoms with Gasteiger partial charge in [-0.25, -0.2) is 4.39 Å². The Morgan fingerprint density at radius 3 is 2.67 bits per heavy atom. The fourth-order valence-electron chi connectivity index (χ4n) is 2.44. The van der Waals surface area contributed by atoms with E-state index in [1.807, 2.05) is 0 Å². The highest BCUT2D eigenvalue weighted by Gasteiger charge is 2.22. The maximum atomic E-state index is 12.9. The lowest BCUT2D eigenvalue weighted by atomic mass is 10.1. The van der Waals surface area contributed by atoms with Crippen molar-refractivity contribution in [1.29, 1.82) is 0 Å². The fraction of sp³-hybridized carbons (Fsp3) is 0.467. The molecular weight excluding hydrogens is 295 g/mol. The minimum atomic E-state index is -0.457. The molecule has 2 rings (SSSR count). The first-order valence-corrected chi connectivity index (χ1v) is 7.46. The summed E-state index contributed by atoms with van der Waals surface area (Å²) in [5.41, 5.74) is 0.366. The Bertz CT molecular complexity index is 530. The van der Waals surface area contributed by atoms with Crippen molar-refractivity contribution in [3.63, 3.8) is 0 Å². The molecule has 1 aliphatic carbocycles. The molecule has 0 spiro atoms. The molecule has 1 fully saturated rings. The quantitative estimate of drug-likeness (QED) is 0.877. The largest absolute Gasteiger partial charge is 0.355 e. The molecule has 2 N–H and O–H groups in total. The van der Waals surface area contributed by atoms with Crippen LogP contribution in [0.3, 0.4) is 0 Å². The van der Waals surface area contributed by atoms with Gasteiger partial charge >= 0.3 is 0 Å². The third-order valence-corrected chi connectivity index (χ3v) is 3.90. The Hall–Kier alpha value is -1.62. The van der Waals surface area contributed by atoms with Gasteiger partial charge in [-0.05, 0) is 31.0 Å². The van der Waals surface area contributed by atoms with Gasteiger partial charge in [0.15, 0.2) is 0 Å². The molecule has 0 bridgehead atoms. The Labute approximate surface area is 128 Å². The number of benzene rings is 1. The van der Waals surface area contributed by atoms with E-state index in [-0.39, 0.29) is 29.2 Å². The van der Waals surface area contributed by atoms with Crippen LogP contribution < -0.4 is 10.6 Å². The normalized spacial score (nSPS) is 15.0. The van der Waals surface area contributed by atoms with Gasteiger partial charge in [-0.1, -0.05) is 24.4 Å². The van der Waals surface area contributed by atoms with Gasteiger partial charge in [0.2, 0.25) is 11.8 Å². The lowest BCUT2D eigenvalue weighted by Gasteiger charge is -2.11. The number of nitrogens with one attached hydrogen (secondary N) is 2. The van der Waals surface area contributed by atoms with E-state index in [4.69, 9.17) is 11.6 Å². The lowest BCUT2D eigenvalue weighted by molar-refractivity contribution is -0.124. The molecule has 0 unspecified atom stereocenters. The molecule has 6 heteroatoms. The van der Waals surface area contributed by atoms with Gasteiger partial charge in [0.25, 0.3) is 0 Å². The zero-order valence-electron chi connectivity index (χ0n) is 11.6. The molecule has 0 aliphatic heterocycles. The fourth-order valence-corrected chi connectivity index (χ4v) is 2.65. The van der Waals surface area contributed by atoms with Crippen molar-refractivity contribution in [3.05, 3.63) is 29.0 Å². The Kier molecular flexibility index (Phi) is 5.56. The summed E-state index contributed by atoms with van der Waals surface area (Å²) in [4.78, 5) is 23.5. The van der Waals surface area contributed by atoms with Gasteiger partial charge in [0.1, 0.15) is 5.82 Å². The monoisotopic (exact) mass is 312 g/mol. The summed E-state index contributed by atoms with van der Waals surface area (Å²) in [6, 6.07) is 3.77.